The van der Waals surface area contributed by atoms with E-state index in [4.69, 9.17) is 14.2 Å². The molecule has 42 heavy (non-hydrogen) atoms. The minimum atomic E-state index is -0.822. The van der Waals surface area contributed by atoms with E-state index in [1.807, 2.05) is 67.6 Å². The summed E-state index contributed by atoms with van der Waals surface area (Å²) in [5, 5.41) is 11.4. The molecular weight excluding hydrogens is 530 g/mol. The number of aliphatic hydroxyl groups excluding tert-OH is 1. The van der Waals surface area contributed by atoms with Crippen LogP contribution in [0.25, 0.3) is 5.76 Å². The normalized spacial score (nSPS) is 16.0. The summed E-state index contributed by atoms with van der Waals surface area (Å²) in [5.41, 5.74) is 3.11. The summed E-state index contributed by atoms with van der Waals surface area (Å²) >= 11 is 0. The predicted molar refractivity (Wildman–Crippen MR) is 161 cm³/mol. The summed E-state index contributed by atoms with van der Waals surface area (Å²) in [4.78, 5) is 28.4. The lowest BCUT2D eigenvalue weighted by atomic mass is 9.94. The van der Waals surface area contributed by atoms with E-state index in [0.717, 1.165) is 11.1 Å². The average Bonchev–Trinajstić information content (AvgIpc) is 3.29. The van der Waals surface area contributed by atoms with Gasteiger partial charge < -0.3 is 24.2 Å². The van der Waals surface area contributed by atoms with E-state index < -0.39 is 17.7 Å². The second-order valence-electron chi connectivity index (χ2n) is 9.87. The topological polar surface area (TPSA) is 85.3 Å². The van der Waals surface area contributed by atoms with Crippen molar-refractivity contribution in [1.82, 2.24) is 4.90 Å². The first kappa shape index (κ1) is 28.5. The number of nitrogens with zero attached hydrogens (tertiary/aromatic N) is 1. The van der Waals surface area contributed by atoms with E-state index in [9.17, 15) is 14.7 Å². The highest BCUT2D eigenvalue weighted by Gasteiger charge is 2.46. The predicted octanol–water partition coefficient (Wildman–Crippen LogP) is 6.34. The smallest absolute Gasteiger partial charge is 0.295 e. The van der Waals surface area contributed by atoms with Crippen LogP contribution in [0.15, 0.2) is 109 Å². The number of carbonyl (C=O) groups excluding carboxylic acids is 2. The summed E-state index contributed by atoms with van der Waals surface area (Å²) in [6.07, 6.45) is 0.545. The van der Waals surface area contributed by atoms with Crippen LogP contribution in [0.5, 0.6) is 17.2 Å². The quantitative estimate of drug-likeness (QED) is 0.130. The average molecular weight is 564 g/mol. The van der Waals surface area contributed by atoms with E-state index in [-0.39, 0.29) is 17.9 Å². The van der Waals surface area contributed by atoms with Crippen molar-refractivity contribution in [1.29, 1.82) is 0 Å². The van der Waals surface area contributed by atoms with Crippen molar-refractivity contribution in [2.45, 2.75) is 26.0 Å². The fourth-order valence-electron chi connectivity index (χ4n) is 5.09. The number of hydrogen-bond donors (Lipinski definition) is 1. The molecule has 1 atom stereocenters. The van der Waals surface area contributed by atoms with Gasteiger partial charge >= 0.3 is 0 Å². The van der Waals surface area contributed by atoms with Crippen molar-refractivity contribution in [3.05, 3.63) is 131 Å². The Kier molecular flexibility index (Phi) is 8.87. The number of methoxy groups -OCH3 is 1. The summed E-state index contributed by atoms with van der Waals surface area (Å²) in [6.45, 7) is 3.03. The van der Waals surface area contributed by atoms with Crippen molar-refractivity contribution in [3.63, 3.8) is 0 Å². The van der Waals surface area contributed by atoms with Crippen LogP contribution >= 0.6 is 0 Å². The van der Waals surface area contributed by atoms with Crippen molar-refractivity contribution in [2.24, 2.45) is 0 Å². The van der Waals surface area contributed by atoms with E-state index in [1.165, 1.54) is 4.90 Å². The molecule has 1 aliphatic heterocycles. The molecule has 1 fully saturated rings. The molecule has 1 unspecified atom stereocenters. The maximum absolute atomic E-state index is 13.5. The molecular formula is C35H33NO6. The Bertz CT molecular complexity index is 1560. The van der Waals surface area contributed by atoms with Crippen LogP contribution in [0.4, 0.5) is 0 Å². The molecule has 4 aromatic carbocycles. The molecule has 0 aromatic heterocycles. The first-order valence-corrected chi connectivity index (χ1v) is 13.9. The summed E-state index contributed by atoms with van der Waals surface area (Å²) in [6, 6.07) is 30.9. The van der Waals surface area contributed by atoms with Crippen molar-refractivity contribution in [3.8, 4) is 17.2 Å². The van der Waals surface area contributed by atoms with Gasteiger partial charge in [0.2, 0.25) is 0 Å². The van der Waals surface area contributed by atoms with Gasteiger partial charge in [0.15, 0.2) is 11.5 Å². The number of ether oxygens (including phenoxy) is 3. The highest BCUT2D eigenvalue weighted by molar-refractivity contribution is 6.46. The van der Waals surface area contributed by atoms with Crippen LogP contribution in [0.1, 0.15) is 35.2 Å². The standard InChI is InChI=1S/C35H33NO6/c1-3-41-28-17-14-26(15-18-28)33(37)31-32(36(35(39)34(31)38)21-20-24-10-6-4-7-11-24)27-16-19-29(30(22-27)40-2)42-23-25-12-8-5-9-13-25/h4-19,22,32,37H,3,20-21,23H2,1-2H3/b33-31+. The Balaban J connectivity index is 1.53. The lowest BCUT2D eigenvalue weighted by Gasteiger charge is -2.26. The fourth-order valence-corrected chi connectivity index (χ4v) is 5.09. The Labute approximate surface area is 245 Å². The Morgan fingerprint density at radius 2 is 1.48 bits per heavy atom. The number of rotatable bonds is 11. The Morgan fingerprint density at radius 1 is 0.810 bits per heavy atom. The Hall–Kier alpha value is -5.04. The number of Topliss-reactive ketones (excluding diaryl/α,β-unsaturated/α-hetero) is 1. The third-order valence-electron chi connectivity index (χ3n) is 7.20. The molecule has 0 bridgehead atoms. The van der Waals surface area contributed by atoms with Crippen LogP contribution in [-0.2, 0) is 22.6 Å². The van der Waals surface area contributed by atoms with Crippen molar-refractivity contribution < 1.29 is 28.9 Å². The maximum atomic E-state index is 13.5. The molecule has 0 radical (unpaired) electrons. The summed E-state index contributed by atoms with van der Waals surface area (Å²) in [5.74, 6) is -0.0117. The van der Waals surface area contributed by atoms with Crippen LogP contribution in [0.2, 0.25) is 0 Å². The second kappa shape index (κ2) is 13.1. The lowest BCUT2D eigenvalue weighted by Crippen LogP contribution is -2.31. The maximum Gasteiger partial charge on any atom is 0.295 e. The van der Waals surface area contributed by atoms with Crippen molar-refractivity contribution >= 4 is 17.4 Å². The van der Waals surface area contributed by atoms with Crippen LogP contribution in [0.3, 0.4) is 0 Å². The highest BCUT2D eigenvalue weighted by atomic mass is 16.5. The summed E-state index contributed by atoms with van der Waals surface area (Å²) < 4.78 is 17.2. The molecule has 7 heteroatoms. The van der Waals surface area contributed by atoms with Gasteiger partial charge in [-0.2, -0.15) is 0 Å². The number of amides is 1. The summed E-state index contributed by atoms with van der Waals surface area (Å²) in [7, 11) is 1.54. The zero-order valence-electron chi connectivity index (χ0n) is 23.7. The van der Waals surface area contributed by atoms with Gasteiger partial charge in [0, 0.05) is 12.1 Å². The van der Waals surface area contributed by atoms with Crippen molar-refractivity contribution in [2.75, 3.05) is 20.3 Å². The number of carbonyl (C=O) groups is 2. The zero-order chi connectivity index (χ0) is 29.5. The van der Waals surface area contributed by atoms with Crippen LogP contribution < -0.4 is 14.2 Å². The third kappa shape index (κ3) is 6.15. The molecule has 0 spiro atoms. The minimum Gasteiger partial charge on any atom is -0.507 e. The number of benzene rings is 4. The van der Waals surface area contributed by atoms with E-state index in [2.05, 4.69) is 0 Å². The lowest BCUT2D eigenvalue weighted by molar-refractivity contribution is -0.139. The molecule has 1 heterocycles. The molecule has 1 amide bonds. The van der Waals surface area contributed by atoms with Crippen LogP contribution in [-0.4, -0.2) is 42.0 Å². The van der Waals surface area contributed by atoms with Gasteiger partial charge in [0.05, 0.1) is 25.3 Å². The molecule has 4 aromatic rings. The van der Waals surface area contributed by atoms with Gasteiger partial charge in [0.25, 0.3) is 11.7 Å². The van der Waals surface area contributed by atoms with Gasteiger partial charge in [-0.15, -0.1) is 0 Å². The number of hydrogen-bond acceptors (Lipinski definition) is 6. The number of ketones is 1. The highest BCUT2D eigenvalue weighted by Crippen LogP contribution is 2.42. The van der Waals surface area contributed by atoms with Gasteiger partial charge in [0.1, 0.15) is 18.1 Å². The molecule has 1 saturated heterocycles. The van der Waals surface area contributed by atoms with E-state index in [0.29, 0.717) is 48.0 Å². The molecule has 1 aliphatic rings. The molecule has 5 rings (SSSR count). The first-order chi connectivity index (χ1) is 20.5. The second-order valence-corrected chi connectivity index (χ2v) is 9.87. The number of aliphatic hydroxyl groups is 1. The first-order valence-electron chi connectivity index (χ1n) is 13.9. The van der Waals surface area contributed by atoms with E-state index >= 15 is 0 Å². The zero-order valence-corrected chi connectivity index (χ0v) is 23.7. The molecule has 0 aliphatic carbocycles. The van der Waals surface area contributed by atoms with Gasteiger partial charge in [-0.3, -0.25) is 9.59 Å². The largest absolute Gasteiger partial charge is 0.507 e. The van der Waals surface area contributed by atoms with E-state index in [1.54, 1.807) is 49.6 Å². The number of likely N-dealkylation sites (tertiary alicyclic amines) is 1. The van der Waals surface area contributed by atoms with Crippen LogP contribution in [0, 0.1) is 0 Å². The molecule has 7 nitrogen and oxygen atoms in total. The minimum absolute atomic E-state index is 0.0252. The monoisotopic (exact) mass is 563 g/mol. The SMILES string of the molecule is CCOc1ccc(/C(O)=C2\C(=O)C(=O)N(CCc3ccccc3)C2c2ccc(OCc3ccccc3)c(OC)c2)cc1. The van der Waals surface area contributed by atoms with Gasteiger partial charge in [-0.1, -0.05) is 66.7 Å². The van der Waals surface area contributed by atoms with Gasteiger partial charge in [-0.05, 0) is 66.4 Å². The molecule has 1 N–H and O–H groups in total. The van der Waals surface area contributed by atoms with Gasteiger partial charge in [-0.25, -0.2) is 0 Å². The Morgan fingerprint density at radius 3 is 2.12 bits per heavy atom. The molecule has 0 saturated carbocycles. The third-order valence-corrected chi connectivity index (χ3v) is 7.20. The fraction of sp³-hybridized carbons (Fsp3) is 0.200. The molecule has 214 valence electrons.